The first-order chi connectivity index (χ1) is 10.2. The summed E-state index contributed by atoms with van der Waals surface area (Å²) in [7, 11) is 0. The average Bonchev–Trinajstić information content (AvgIpc) is 3.21. The van der Waals surface area contributed by atoms with E-state index in [9.17, 15) is 4.79 Å². The van der Waals surface area contributed by atoms with Crippen LogP contribution in [0.1, 0.15) is 30.4 Å². The second-order valence-corrected chi connectivity index (χ2v) is 6.30. The number of aryl methyl sites for hydroxylation is 1. The van der Waals surface area contributed by atoms with E-state index in [2.05, 4.69) is 34.9 Å². The monoisotopic (exact) mass is 288 g/mol. The number of fused-ring (bicyclic) bond motifs is 3. The van der Waals surface area contributed by atoms with Crippen LogP contribution in [0.2, 0.25) is 0 Å². The van der Waals surface area contributed by atoms with Crippen molar-refractivity contribution in [1.29, 1.82) is 0 Å². The molecule has 114 valence electrons. The Bertz CT molecular complexity index is 515. The fourth-order valence-corrected chi connectivity index (χ4v) is 3.63. The van der Waals surface area contributed by atoms with Crippen molar-refractivity contribution in [2.24, 2.45) is 11.8 Å². The molecule has 1 aromatic rings. The van der Waals surface area contributed by atoms with Gasteiger partial charge >= 0.3 is 0 Å². The number of carbonyl (C=O) groups excluding carboxylic acids is 1. The number of amides is 1. The zero-order valence-corrected chi connectivity index (χ0v) is 12.5. The lowest BCUT2D eigenvalue weighted by Crippen LogP contribution is -2.35. The SMILES string of the molecule is CC(O)CNCCNC(=O)C1C2CCc3ccccc3C21. The fraction of sp³-hybridized carbons (Fsp3) is 0.588. The maximum atomic E-state index is 12.3. The molecule has 1 aromatic carbocycles. The van der Waals surface area contributed by atoms with Gasteiger partial charge in [-0.3, -0.25) is 4.79 Å². The summed E-state index contributed by atoms with van der Waals surface area (Å²) in [5.41, 5.74) is 2.81. The minimum atomic E-state index is -0.344. The first-order valence-electron chi connectivity index (χ1n) is 7.93. The van der Waals surface area contributed by atoms with Gasteiger partial charge in [-0.15, -0.1) is 0 Å². The molecular formula is C17H24N2O2. The van der Waals surface area contributed by atoms with Gasteiger partial charge in [-0.2, -0.15) is 0 Å². The Morgan fingerprint density at radius 2 is 2.19 bits per heavy atom. The quantitative estimate of drug-likeness (QED) is 0.686. The van der Waals surface area contributed by atoms with Crippen LogP contribution in [-0.4, -0.2) is 36.8 Å². The highest BCUT2D eigenvalue weighted by atomic mass is 16.3. The average molecular weight is 288 g/mol. The topological polar surface area (TPSA) is 61.4 Å². The van der Waals surface area contributed by atoms with Crippen molar-refractivity contribution in [3.63, 3.8) is 0 Å². The predicted octanol–water partition coefficient (Wildman–Crippen LogP) is 1.05. The summed E-state index contributed by atoms with van der Waals surface area (Å²) in [6.07, 6.45) is 1.90. The number of rotatable bonds is 6. The molecule has 0 aromatic heterocycles. The van der Waals surface area contributed by atoms with Crippen molar-refractivity contribution in [1.82, 2.24) is 10.6 Å². The van der Waals surface area contributed by atoms with Crippen molar-refractivity contribution in [3.8, 4) is 0 Å². The van der Waals surface area contributed by atoms with E-state index >= 15 is 0 Å². The van der Waals surface area contributed by atoms with Crippen molar-refractivity contribution >= 4 is 5.91 Å². The van der Waals surface area contributed by atoms with E-state index in [1.165, 1.54) is 11.1 Å². The van der Waals surface area contributed by atoms with Crippen LogP contribution in [0.5, 0.6) is 0 Å². The lowest BCUT2D eigenvalue weighted by atomic mass is 9.92. The van der Waals surface area contributed by atoms with Crippen molar-refractivity contribution < 1.29 is 9.90 Å². The van der Waals surface area contributed by atoms with Gasteiger partial charge in [0.1, 0.15) is 0 Å². The molecule has 2 aliphatic rings. The van der Waals surface area contributed by atoms with Gasteiger partial charge in [-0.05, 0) is 42.7 Å². The van der Waals surface area contributed by atoms with Crippen LogP contribution in [0.3, 0.4) is 0 Å². The second kappa shape index (κ2) is 6.16. The number of carbonyl (C=O) groups is 1. The molecule has 1 saturated carbocycles. The van der Waals surface area contributed by atoms with E-state index in [0.717, 1.165) is 12.8 Å². The molecular weight excluding hydrogens is 264 g/mol. The Labute approximate surface area is 125 Å². The van der Waals surface area contributed by atoms with E-state index in [1.807, 2.05) is 0 Å². The third kappa shape index (κ3) is 3.11. The molecule has 4 heteroatoms. The molecule has 3 rings (SSSR count). The number of hydrogen-bond acceptors (Lipinski definition) is 3. The highest BCUT2D eigenvalue weighted by Crippen LogP contribution is 2.59. The molecule has 3 N–H and O–H groups in total. The van der Waals surface area contributed by atoms with E-state index in [1.54, 1.807) is 6.92 Å². The molecule has 1 amide bonds. The van der Waals surface area contributed by atoms with Crippen LogP contribution in [0.25, 0.3) is 0 Å². The summed E-state index contributed by atoms with van der Waals surface area (Å²) < 4.78 is 0. The first kappa shape index (κ1) is 14.5. The molecule has 1 fully saturated rings. The number of hydrogen-bond donors (Lipinski definition) is 3. The molecule has 0 saturated heterocycles. The summed E-state index contributed by atoms with van der Waals surface area (Å²) in [6, 6.07) is 8.54. The fourth-order valence-electron chi connectivity index (χ4n) is 3.63. The van der Waals surface area contributed by atoms with Crippen molar-refractivity contribution in [3.05, 3.63) is 35.4 Å². The van der Waals surface area contributed by atoms with E-state index < -0.39 is 0 Å². The number of aliphatic hydroxyl groups excluding tert-OH is 1. The normalized spacial score (nSPS) is 27.4. The van der Waals surface area contributed by atoms with Crippen LogP contribution in [0, 0.1) is 11.8 Å². The van der Waals surface area contributed by atoms with Gasteiger partial charge in [-0.25, -0.2) is 0 Å². The van der Waals surface area contributed by atoms with Crippen molar-refractivity contribution in [2.75, 3.05) is 19.6 Å². The zero-order valence-electron chi connectivity index (χ0n) is 12.5. The minimum absolute atomic E-state index is 0.172. The summed E-state index contributed by atoms with van der Waals surface area (Å²) in [4.78, 5) is 12.3. The van der Waals surface area contributed by atoms with Crippen LogP contribution < -0.4 is 10.6 Å². The smallest absolute Gasteiger partial charge is 0.224 e. The summed E-state index contributed by atoms with van der Waals surface area (Å²) >= 11 is 0. The zero-order chi connectivity index (χ0) is 14.8. The largest absolute Gasteiger partial charge is 0.392 e. The van der Waals surface area contributed by atoms with Crippen molar-refractivity contribution in [2.45, 2.75) is 31.8 Å². The van der Waals surface area contributed by atoms with Crippen LogP contribution in [0.15, 0.2) is 24.3 Å². The predicted molar refractivity (Wildman–Crippen MR) is 82.0 cm³/mol. The third-order valence-corrected chi connectivity index (χ3v) is 4.67. The van der Waals surface area contributed by atoms with Crippen LogP contribution in [-0.2, 0) is 11.2 Å². The third-order valence-electron chi connectivity index (χ3n) is 4.67. The molecule has 4 nitrogen and oxygen atoms in total. The van der Waals surface area contributed by atoms with Gasteiger partial charge in [-0.1, -0.05) is 24.3 Å². The van der Waals surface area contributed by atoms with Gasteiger partial charge in [0.15, 0.2) is 0 Å². The number of aliphatic hydroxyl groups is 1. The van der Waals surface area contributed by atoms with E-state index in [-0.39, 0.29) is 17.9 Å². The van der Waals surface area contributed by atoms with Gasteiger partial charge in [0.05, 0.1) is 6.10 Å². The van der Waals surface area contributed by atoms with Gasteiger partial charge < -0.3 is 15.7 Å². The lowest BCUT2D eigenvalue weighted by Gasteiger charge is -2.13. The van der Waals surface area contributed by atoms with Gasteiger partial charge in [0.2, 0.25) is 5.91 Å². The minimum Gasteiger partial charge on any atom is -0.392 e. The highest BCUT2D eigenvalue weighted by Gasteiger charge is 2.56. The Morgan fingerprint density at radius 1 is 1.38 bits per heavy atom. The van der Waals surface area contributed by atoms with E-state index in [0.29, 0.717) is 31.5 Å². The summed E-state index contributed by atoms with van der Waals surface area (Å²) in [6.45, 7) is 3.65. The maximum Gasteiger partial charge on any atom is 0.224 e. The second-order valence-electron chi connectivity index (χ2n) is 6.30. The molecule has 2 aliphatic carbocycles. The van der Waals surface area contributed by atoms with Crippen LogP contribution >= 0.6 is 0 Å². The summed E-state index contributed by atoms with van der Waals surface area (Å²) in [5, 5.41) is 15.3. The molecule has 0 heterocycles. The Kier molecular flexibility index (Phi) is 4.27. The Balaban J connectivity index is 1.48. The lowest BCUT2D eigenvalue weighted by molar-refractivity contribution is -0.122. The molecule has 4 unspecified atom stereocenters. The van der Waals surface area contributed by atoms with Gasteiger partial charge in [0, 0.05) is 25.6 Å². The highest BCUT2D eigenvalue weighted by molar-refractivity contribution is 5.84. The molecule has 0 radical (unpaired) electrons. The number of nitrogens with one attached hydrogen (secondary N) is 2. The molecule has 0 aliphatic heterocycles. The van der Waals surface area contributed by atoms with Crippen LogP contribution in [0.4, 0.5) is 0 Å². The maximum absolute atomic E-state index is 12.3. The Morgan fingerprint density at radius 3 is 3.00 bits per heavy atom. The first-order valence-corrected chi connectivity index (χ1v) is 7.93. The Hall–Kier alpha value is -1.39. The van der Waals surface area contributed by atoms with Gasteiger partial charge in [0.25, 0.3) is 0 Å². The molecule has 0 bridgehead atoms. The molecule has 4 atom stereocenters. The standard InChI is InChI=1S/C17H24N2O2/c1-11(20)10-18-8-9-19-17(21)16-14-7-6-12-4-2-3-5-13(12)15(14)16/h2-5,11,14-16,18,20H,6-10H2,1H3,(H,19,21). The molecule has 0 spiro atoms. The van der Waals surface area contributed by atoms with E-state index in [4.69, 9.17) is 5.11 Å². The number of benzene rings is 1. The summed E-state index contributed by atoms with van der Waals surface area (Å²) in [5.74, 6) is 1.36. The molecule has 21 heavy (non-hydrogen) atoms.